The van der Waals surface area contributed by atoms with E-state index >= 15 is 0 Å². The summed E-state index contributed by atoms with van der Waals surface area (Å²) in [5.41, 5.74) is 13.1. The third-order valence-electron chi connectivity index (χ3n) is 1.96. The highest BCUT2D eigenvalue weighted by molar-refractivity contribution is 5.96. The van der Waals surface area contributed by atoms with Crippen LogP contribution in [0.15, 0.2) is 6.07 Å². The van der Waals surface area contributed by atoms with Gasteiger partial charge in [-0.1, -0.05) is 6.92 Å². The Morgan fingerprint density at radius 3 is 2.69 bits per heavy atom. The number of nitrogens with zero attached hydrogens (tertiary/aromatic N) is 1. The average Bonchev–Trinajstić information content (AvgIpc) is 2.07. The Kier molecular flexibility index (Phi) is 2.51. The fraction of sp³-hybridized carbons (Fsp3) is 0.333. The first kappa shape index (κ1) is 9.51. The van der Waals surface area contributed by atoms with Gasteiger partial charge in [-0.25, -0.2) is 4.98 Å². The molecule has 1 heterocycles. The van der Waals surface area contributed by atoms with Crippen molar-refractivity contribution in [2.24, 2.45) is 5.73 Å². The summed E-state index contributed by atoms with van der Waals surface area (Å²) in [7, 11) is 0. The van der Waals surface area contributed by atoms with Gasteiger partial charge in [0.05, 0.1) is 5.69 Å². The van der Waals surface area contributed by atoms with E-state index in [1.165, 1.54) is 0 Å². The Balaban J connectivity index is 3.28. The van der Waals surface area contributed by atoms with Gasteiger partial charge in [0, 0.05) is 5.69 Å². The lowest BCUT2D eigenvalue weighted by Crippen LogP contribution is -2.16. The second-order valence-corrected chi connectivity index (χ2v) is 2.89. The highest BCUT2D eigenvalue weighted by Gasteiger charge is 2.09. The summed E-state index contributed by atoms with van der Waals surface area (Å²) in [6, 6.07) is 1.75. The molecule has 0 bridgehead atoms. The minimum atomic E-state index is -0.580. The molecule has 0 unspecified atom stereocenters. The van der Waals surface area contributed by atoms with Crippen LogP contribution in [0, 0.1) is 6.92 Å². The second-order valence-electron chi connectivity index (χ2n) is 2.89. The molecular weight excluding hydrogens is 166 g/mol. The first-order valence-electron chi connectivity index (χ1n) is 4.12. The number of amides is 1. The zero-order valence-electron chi connectivity index (χ0n) is 7.79. The van der Waals surface area contributed by atoms with E-state index in [-0.39, 0.29) is 5.69 Å². The normalized spacial score (nSPS) is 10.0. The largest absolute Gasteiger partial charge is 0.397 e. The first-order valence-corrected chi connectivity index (χ1v) is 4.12. The van der Waals surface area contributed by atoms with E-state index in [1.807, 2.05) is 13.8 Å². The quantitative estimate of drug-likeness (QED) is 0.698. The van der Waals surface area contributed by atoms with Crippen molar-refractivity contribution in [2.75, 3.05) is 5.73 Å². The molecule has 0 fully saturated rings. The van der Waals surface area contributed by atoms with Gasteiger partial charge in [-0.15, -0.1) is 0 Å². The predicted molar refractivity (Wildman–Crippen MR) is 51.3 cm³/mol. The fourth-order valence-electron chi connectivity index (χ4n) is 1.22. The van der Waals surface area contributed by atoms with E-state index in [0.717, 1.165) is 17.7 Å². The maximum atomic E-state index is 10.9. The number of nitrogens with two attached hydrogens (primary N) is 2. The predicted octanol–water partition coefficient (Wildman–Crippen LogP) is 0.634. The topological polar surface area (TPSA) is 82.0 Å². The number of carbonyl (C=O) groups excluding carboxylic acids is 1. The molecule has 0 aliphatic rings. The standard InChI is InChI=1S/C9H13N3O/c1-3-6-4-7(10)8(9(11)13)12-5(6)2/h4H,3,10H2,1-2H3,(H2,11,13). The molecule has 0 spiro atoms. The van der Waals surface area contributed by atoms with Gasteiger partial charge in [-0.3, -0.25) is 4.79 Å². The van der Waals surface area contributed by atoms with Crippen molar-refractivity contribution in [3.8, 4) is 0 Å². The molecule has 0 atom stereocenters. The summed E-state index contributed by atoms with van der Waals surface area (Å²) in [6.07, 6.45) is 0.849. The SMILES string of the molecule is CCc1cc(N)c(C(N)=O)nc1C. The van der Waals surface area contributed by atoms with E-state index < -0.39 is 5.91 Å². The van der Waals surface area contributed by atoms with Crippen LogP contribution in [0.3, 0.4) is 0 Å². The van der Waals surface area contributed by atoms with Gasteiger partial charge in [-0.2, -0.15) is 0 Å². The Morgan fingerprint density at radius 2 is 2.23 bits per heavy atom. The summed E-state index contributed by atoms with van der Waals surface area (Å²) in [6.45, 7) is 3.85. The van der Waals surface area contributed by atoms with Gasteiger partial charge in [0.2, 0.25) is 0 Å². The molecule has 4 nitrogen and oxygen atoms in total. The molecule has 0 aromatic carbocycles. The highest BCUT2D eigenvalue weighted by Crippen LogP contribution is 2.14. The van der Waals surface area contributed by atoms with Crippen molar-refractivity contribution in [1.82, 2.24) is 4.98 Å². The van der Waals surface area contributed by atoms with E-state index in [9.17, 15) is 4.79 Å². The van der Waals surface area contributed by atoms with E-state index in [2.05, 4.69) is 4.98 Å². The van der Waals surface area contributed by atoms with Crippen molar-refractivity contribution < 1.29 is 4.79 Å². The molecule has 1 aromatic heterocycles. The van der Waals surface area contributed by atoms with Gasteiger partial charge >= 0.3 is 0 Å². The average molecular weight is 179 g/mol. The summed E-state index contributed by atoms with van der Waals surface area (Å²) < 4.78 is 0. The van der Waals surface area contributed by atoms with Crippen LogP contribution in [0.25, 0.3) is 0 Å². The third-order valence-corrected chi connectivity index (χ3v) is 1.96. The number of carbonyl (C=O) groups is 1. The zero-order chi connectivity index (χ0) is 10.0. The van der Waals surface area contributed by atoms with E-state index in [1.54, 1.807) is 6.07 Å². The monoisotopic (exact) mass is 179 g/mol. The molecule has 13 heavy (non-hydrogen) atoms. The maximum absolute atomic E-state index is 10.9. The third kappa shape index (κ3) is 1.77. The summed E-state index contributed by atoms with van der Waals surface area (Å²) in [5, 5.41) is 0. The van der Waals surface area contributed by atoms with Crippen LogP contribution >= 0.6 is 0 Å². The molecule has 1 amide bonds. The molecule has 0 aliphatic heterocycles. The molecule has 0 saturated heterocycles. The van der Waals surface area contributed by atoms with Crippen LogP contribution in [0.2, 0.25) is 0 Å². The summed E-state index contributed by atoms with van der Waals surface area (Å²) in [5.74, 6) is -0.580. The van der Waals surface area contributed by atoms with Gasteiger partial charge in [-0.05, 0) is 25.0 Å². The number of hydrogen-bond donors (Lipinski definition) is 2. The van der Waals surface area contributed by atoms with Crippen LogP contribution in [-0.2, 0) is 6.42 Å². The van der Waals surface area contributed by atoms with Crippen molar-refractivity contribution in [2.45, 2.75) is 20.3 Å². The number of hydrogen-bond acceptors (Lipinski definition) is 3. The lowest BCUT2D eigenvalue weighted by Gasteiger charge is -2.06. The van der Waals surface area contributed by atoms with Crippen molar-refractivity contribution in [3.05, 3.63) is 23.0 Å². The van der Waals surface area contributed by atoms with Crippen molar-refractivity contribution >= 4 is 11.6 Å². The number of aryl methyl sites for hydroxylation is 2. The number of pyridine rings is 1. The van der Waals surface area contributed by atoms with Crippen LogP contribution in [0.4, 0.5) is 5.69 Å². The van der Waals surface area contributed by atoms with Gasteiger partial charge in [0.25, 0.3) is 5.91 Å². The lowest BCUT2D eigenvalue weighted by molar-refractivity contribution is 0.0996. The number of primary amides is 1. The molecule has 70 valence electrons. The van der Waals surface area contributed by atoms with Crippen LogP contribution in [0.1, 0.15) is 28.7 Å². The van der Waals surface area contributed by atoms with Gasteiger partial charge in [0.1, 0.15) is 0 Å². The Morgan fingerprint density at radius 1 is 1.62 bits per heavy atom. The van der Waals surface area contributed by atoms with E-state index in [4.69, 9.17) is 11.5 Å². The van der Waals surface area contributed by atoms with Crippen LogP contribution in [0.5, 0.6) is 0 Å². The molecule has 1 aromatic rings. The summed E-state index contributed by atoms with van der Waals surface area (Å²) >= 11 is 0. The first-order chi connectivity index (χ1) is 6.06. The maximum Gasteiger partial charge on any atom is 0.269 e. The lowest BCUT2D eigenvalue weighted by atomic mass is 10.1. The van der Waals surface area contributed by atoms with E-state index in [0.29, 0.717) is 5.69 Å². The Bertz CT molecular complexity index is 347. The van der Waals surface area contributed by atoms with Gasteiger partial charge in [0.15, 0.2) is 5.69 Å². The summed E-state index contributed by atoms with van der Waals surface area (Å²) in [4.78, 5) is 14.9. The number of rotatable bonds is 2. The highest BCUT2D eigenvalue weighted by atomic mass is 16.1. The Hall–Kier alpha value is -1.58. The van der Waals surface area contributed by atoms with Crippen LogP contribution in [-0.4, -0.2) is 10.9 Å². The zero-order valence-corrected chi connectivity index (χ0v) is 7.79. The molecule has 0 saturated carbocycles. The molecule has 4 N–H and O–H groups in total. The van der Waals surface area contributed by atoms with Gasteiger partial charge < -0.3 is 11.5 Å². The molecule has 4 heteroatoms. The molecule has 0 radical (unpaired) electrons. The number of nitrogen functional groups attached to an aromatic ring is 1. The Labute approximate surface area is 77.0 Å². The fourth-order valence-corrected chi connectivity index (χ4v) is 1.22. The van der Waals surface area contributed by atoms with Crippen molar-refractivity contribution in [1.29, 1.82) is 0 Å². The minimum Gasteiger partial charge on any atom is -0.397 e. The number of anilines is 1. The molecule has 0 aliphatic carbocycles. The molecular formula is C9H13N3O. The minimum absolute atomic E-state index is 0.162. The van der Waals surface area contributed by atoms with Crippen LogP contribution < -0.4 is 11.5 Å². The van der Waals surface area contributed by atoms with Crippen molar-refractivity contribution in [3.63, 3.8) is 0 Å². The second kappa shape index (κ2) is 3.43. The smallest absolute Gasteiger partial charge is 0.269 e. The number of aromatic nitrogens is 1. The molecule has 1 rings (SSSR count).